The van der Waals surface area contributed by atoms with Gasteiger partial charge in [0.05, 0.1) is 11.2 Å². The van der Waals surface area contributed by atoms with E-state index in [-0.39, 0.29) is 29.2 Å². The molecule has 1 aliphatic rings. The van der Waals surface area contributed by atoms with Gasteiger partial charge in [0.1, 0.15) is 5.56 Å². The summed E-state index contributed by atoms with van der Waals surface area (Å²) in [5, 5.41) is 15.7. The maximum atomic E-state index is 13.5. The van der Waals surface area contributed by atoms with Crippen LogP contribution in [0.15, 0.2) is 67.0 Å². The third-order valence-electron chi connectivity index (χ3n) is 7.34. The second-order valence-corrected chi connectivity index (χ2v) is 10.3. The molecule has 0 radical (unpaired) electrons. The van der Waals surface area contributed by atoms with E-state index in [9.17, 15) is 14.7 Å². The number of fused-ring (bicyclic) bond motifs is 1. The maximum Gasteiger partial charge on any atom is 0.341 e. The normalized spacial score (nSPS) is 17.7. The van der Waals surface area contributed by atoms with Gasteiger partial charge in [0.25, 0.3) is 0 Å². The fourth-order valence-corrected chi connectivity index (χ4v) is 5.19. The maximum absolute atomic E-state index is 13.5. The van der Waals surface area contributed by atoms with Crippen molar-refractivity contribution in [3.63, 3.8) is 0 Å². The summed E-state index contributed by atoms with van der Waals surface area (Å²) < 4.78 is 1.55. The smallest absolute Gasteiger partial charge is 0.341 e. The molecular formula is C30H32N4O3. The minimum absolute atomic E-state index is 0.0253. The number of carbonyl (C=O) groups excluding carboxylic acids is 1. The Labute approximate surface area is 216 Å². The third kappa shape index (κ3) is 4.99. The van der Waals surface area contributed by atoms with Crippen molar-refractivity contribution in [1.29, 1.82) is 0 Å². The fourth-order valence-electron chi connectivity index (χ4n) is 5.19. The highest BCUT2D eigenvalue weighted by Gasteiger charge is 2.34. The summed E-state index contributed by atoms with van der Waals surface area (Å²) in [7, 11) is 0. The van der Waals surface area contributed by atoms with Gasteiger partial charge in [0.15, 0.2) is 5.82 Å². The number of anilines is 1. The molecule has 0 unspecified atom stereocenters. The minimum atomic E-state index is -1.10. The standard InChI is InChI=1S/C30H32N4O3/c1-19(2)34(29(35)22-8-6-20(3)7-9-22)28-26(30(36)37)18-33(32-28)25-13-10-21(11-14-25)23-12-15-27-24(17-23)5-4-16-31-27/h4-5,10-20,22H,6-9H2,1-3H3,(H,36,37). The predicted molar refractivity (Wildman–Crippen MR) is 145 cm³/mol. The molecule has 5 rings (SSSR count). The van der Waals surface area contributed by atoms with Gasteiger partial charge in [-0.1, -0.05) is 31.2 Å². The Hall–Kier alpha value is -4.00. The van der Waals surface area contributed by atoms with E-state index in [1.807, 2.05) is 62.4 Å². The Morgan fingerprint density at radius 1 is 1.00 bits per heavy atom. The summed E-state index contributed by atoms with van der Waals surface area (Å²) >= 11 is 0. The highest BCUT2D eigenvalue weighted by Crippen LogP contribution is 2.33. The van der Waals surface area contributed by atoms with Crippen LogP contribution in [0.3, 0.4) is 0 Å². The molecule has 0 aliphatic heterocycles. The van der Waals surface area contributed by atoms with Gasteiger partial charge in [-0.3, -0.25) is 14.7 Å². The van der Waals surface area contributed by atoms with Crippen molar-refractivity contribution in [2.75, 3.05) is 4.90 Å². The summed E-state index contributed by atoms with van der Waals surface area (Å²) in [6.07, 6.45) is 6.98. The van der Waals surface area contributed by atoms with Crippen molar-refractivity contribution in [3.8, 4) is 16.8 Å². The molecule has 2 aromatic heterocycles. The van der Waals surface area contributed by atoms with Crippen molar-refractivity contribution in [2.45, 2.75) is 52.5 Å². The average molecular weight is 497 g/mol. The first-order valence-corrected chi connectivity index (χ1v) is 12.9. The zero-order valence-corrected chi connectivity index (χ0v) is 21.5. The molecule has 1 saturated carbocycles. The molecule has 0 atom stereocenters. The van der Waals surface area contributed by atoms with Crippen LogP contribution in [0.1, 0.15) is 56.8 Å². The second kappa shape index (κ2) is 10.2. The quantitative estimate of drug-likeness (QED) is 0.336. The van der Waals surface area contributed by atoms with Crippen LogP contribution >= 0.6 is 0 Å². The molecule has 2 heterocycles. The zero-order valence-electron chi connectivity index (χ0n) is 21.5. The number of pyridine rings is 1. The van der Waals surface area contributed by atoms with E-state index in [2.05, 4.69) is 23.1 Å². The number of benzene rings is 2. The molecule has 0 saturated heterocycles. The second-order valence-electron chi connectivity index (χ2n) is 10.3. The van der Waals surface area contributed by atoms with Gasteiger partial charge in [0, 0.05) is 29.7 Å². The Bertz CT molecular complexity index is 1430. The molecule has 190 valence electrons. The van der Waals surface area contributed by atoms with Gasteiger partial charge in [-0.25, -0.2) is 9.48 Å². The highest BCUT2D eigenvalue weighted by molar-refractivity contribution is 6.01. The van der Waals surface area contributed by atoms with E-state index in [0.29, 0.717) is 5.92 Å². The van der Waals surface area contributed by atoms with E-state index in [4.69, 9.17) is 0 Å². The number of amides is 1. The molecule has 0 bridgehead atoms. The van der Waals surface area contributed by atoms with E-state index in [0.717, 1.165) is 53.4 Å². The summed E-state index contributed by atoms with van der Waals surface area (Å²) in [5.41, 5.74) is 3.80. The molecule has 1 N–H and O–H groups in total. The topological polar surface area (TPSA) is 88.3 Å². The van der Waals surface area contributed by atoms with Crippen molar-refractivity contribution >= 4 is 28.6 Å². The molecule has 7 heteroatoms. The van der Waals surface area contributed by atoms with Gasteiger partial charge in [-0.05, 0) is 86.9 Å². The summed E-state index contributed by atoms with van der Waals surface area (Å²) in [6.45, 7) is 6.03. The van der Waals surface area contributed by atoms with Crippen LogP contribution in [0.2, 0.25) is 0 Å². The van der Waals surface area contributed by atoms with Crippen molar-refractivity contribution in [2.24, 2.45) is 11.8 Å². The van der Waals surface area contributed by atoms with Gasteiger partial charge in [0.2, 0.25) is 5.91 Å². The van der Waals surface area contributed by atoms with Crippen molar-refractivity contribution in [3.05, 3.63) is 72.6 Å². The number of aromatic carboxylic acids is 1. The third-order valence-corrected chi connectivity index (χ3v) is 7.34. The zero-order chi connectivity index (χ0) is 26.1. The van der Waals surface area contributed by atoms with Gasteiger partial charge < -0.3 is 5.11 Å². The Morgan fingerprint density at radius 2 is 1.70 bits per heavy atom. The van der Waals surface area contributed by atoms with Crippen LogP contribution in [-0.4, -0.2) is 37.8 Å². The number of nitrogens with zero attached hydrogens (tertiary/aromatic N) is 4. The molecule has 4 aromatic rings. The largest absolute Gasteiger partial charge is 0.477 e. The Kier molecular flexibility index (Phi) is 6.78. The number of aromatic nitrogens is 3. The van der Waals surface area contributed by atoms with Gasteiger partial charge in [-0.15, -0.1) is 5.10 Å². The Balaban J connectivity index is 1.46. The molecule has 37 heavy (non-hydrogen) atoms. The lowest BCUT2D eigenvalue weighted by Gasteiger charge is -2.32. The summed E-state index contributed by atoms with van der Waals surface area (Å²) in [6, 6.07) is 17.7. The minimum Gasteiger partial charge on any atom is -0.477 e. The number of carbonyl (C=O) groups is 2. The van der Waals surface area contributed by atoms with Crippen LogP contribution in [0.5, 0.6) is 0 Å². The number of hydrogen-bond acceptors (Lipinski definition) is 4. The van der Waals surface area contributed by atoms with E-state index < -0.39 is 5.97 Å². The first kappa shape index (κ1) is 24.7. The first-order valence-electron chi connectivity index (χ1n) is 12.9. The molecule has 2 aromatic carbocycles. The fraction of sp³-hybridized carbons (Fsp3) is 0.333. The predicted octanol–water partition coefficient (Wildman–Crippen LogP) is 6.35. The lowest BCUT2D eigenvalue weighted by Crippen LogP contribution is -2.43. The molecule has 1 amide bonds. The van der Waals surface area contributed by atoms with Crippen molar-refractivity contribution < 1.29 is 14.7 Å². The van der Waals surface area contributed by atoms with E-state index in [1.165, 1.54) is 6.20 Å². The monoisotopic (exact) mass is 496 g/mol. The van der Waals surface area contributed by atoms with Gasteiger partial charge in [-0.2, -0.15) is 0 Å². The van der Waals surface area contributed by atoms with Crippen LogP contribution in [-0.2, 0) is 4.79 Å². The van der Waals surface area contributed by atoms with Crippen LogP contribution < -0.4 is 4.90 Å². The molecular weight excluding hydrogens is 464 g/mol. The van der Waals surface area contributed by atoms with Gasteiger partial charge >= 0.3 is 5.97 Å². The molecule has 1 aliphatic carbocycles. The molecule has 1 fully saturated rings. The van der Waals surface area contributed by atoms with Crippen LogP contribution in [0, 0.1) is 11.8 Å². The summed E-state index contributed by atoms with van der Waals surface area (Å²) in [5.74, 6) is -0.396. The average Bonchev–Trinajstić information content (AvgIpc) is 3.34. The summed E-state index contributed by atoms with van der Waals surface area (Å²) in [4.78, 5) is 31.7. The lowest BCUT2D eigenvalue weighted by atomic mass is 9.82. The molecule has 7 nitrogen and oxygen atoms in total. The highest BCUT2D eigenvalue weighted by atomic mass is 16.4. The van der Waals surface area contributed by atoms with Crippen molar-refractivity contribution in [1.82, 2.24) is 14.8 Å². The number of carboxylic acids is 1. The van der Waals surface area contributed by atoms with E-state index in [1.54, 1.807) is 15.8 Å². The first-order chi connectivity index (χ1) is 17.8. The van der Waals surface area contributed by atoms with Crippen LogP contribution in [0.25, 0.3) is 27.7 Å². The lowest BCUT2D eigenvalue weighted by molar-refractivity contribution is -0.124. The number of rotatable bonds is 6. The number of hydrogen-bond donors (Lipinski definition) is 1. The van der Waals surface area contributed by atoms with Crippen LogP contribution in [0.4, 0.5) is 5.82 Å². The molecule has 0 spiro atoms. The SMILES string of the molecule is CC1CCC(C(=O)N(c2nn(-c3ccc(-c4ccc5ncccc5c4)cc3)cc2C(=O)O)C(C)C)CC1. The Morgan fingerprint density at radius 3 is 2.38 bits per heavy atom. The van der Waals surface area contributed by atoms with E-state index >= 15 is 0 Å². The number of carboxylic acid groups (broad SMARTS) is 1.